The molecule has 0 aliphatic rings. The highest BCUT2D eigenvalue weighted by Gasteiger charge is 1.93. The van der Waals surface area contributed by atoms with E-state index in [2.05, 4.69) is 56.1 Å². The molecule has 0 heterocycles. The largest absolute Gasteiger partial charge is 0.0622 e. The maximum Gasteiger partial charge on any atom is 0.00230 e. The van der Waals surface area contributed by atoms with E-state index in [9.17, 15) is 0 Å². The molecule has 0 fully saturated rings. The van der Waals surface area contributed by atoms with Gasteiger partial charge in [-0.25, -0.2) is 0 Å². The van der Waals surface area contributed by atoms with Crippen LogP contribution in [0.5, 0.6) is 0 Å². The minimum Gasteiger partial charge on any atom is -0.0622 e. The van der Waals surface area contributed by atoms with E-state index < -0.39 is 0 Å². The van der Waals surface area contributed by atoms with Crippen molar-refractivity contribution in [2.24, 2.45) is 0 Å². The molecule has 2 heteroatoms. The molecule has 64 valence electrons. The van der Waals surface area contributed by atoms with Crippen molar-refractivity contribution < 1.29 is 0 Å². The third kappa shape index (κ3) is 3.55. The molecule has 0 atom stereocenters. The quantitative estimate of drug-likeness (QED) is 0.780. The van der Waals surface area contributed by atoms with Gasteiger partial charge in [-0.2, -0.15) is 0 Å². The predicted molar refractivity (Wildman–Crippen MR) is 60.7 cm³/mol. The van der Waals surface area contributed by atoms with Gasteiger partial charge in [-0.1, -0.05) is 62.2 Å². The normalized spacial score (nSPS) is 11.7. The molecule has 0 saturated carbocycles. The lowest BCUT2D eigenvalue weighted by Gasteiger charge is -1.98. The van der Waals surface area contributed by atoms with Crippen molar-refractivity contribution in [3.05, 3.63) is 45.4 Å². The fraction of sp³-hybridized carbons (Fsp3) is 0.200. The van der Waals surface area contributed by atoms with Gasteiger partial charge in [0.2, 0.25) is 0 Å². The molecule has 0 saturated heterocycles. The lowest BCUT2D eigenvalue weighted by molar-refractivity contribution is 0.995. The molecule has 12 heavy (non-hydrogen) atoms. The van der Waals surface area contributed by atoms with Crippen LogP contribution in [0.2, 0.25) is 0 Å². The average Bonchev–Trinajstić information content (AvgIpc) is 2.16. The van der Waals surface area contributed by atoms with Crippen LogP contribution in [-0.2, 0) is 6.42 Å². The molecule has 0 radical (unpaired) electrons. The van der Waals surface area contributed by atoms with Crippen molar-refractivity contribution in [1.29, 1.82) is 0 Å². The molecule has 0 N–H and O–H groups in total. The Morgan fingerprint density at radius 1 is 1.25 bits per heavy atom. The molecular weight excluding hydrogens is 280 g/mol. The van der Waals surface area contributed by atoms with Crippen LogP contribution < -0.4 is 0 Å². The number of halogens is 2. The maximum atomic E-state index is 3.45. The first-order valence-corrected chi connectivity index (χ1v) is 5.52. The van der Waals surface area contributed by atoms with Crippen molar-refractivity contribution in [1.82, 2.24) is 0 Å². The zero-order valence-corrected chi connectivity index (χ0v) is 9.81. The Labute approximate surface area is 89.9 Å². The number of allylic oxidation sites excluding steroid dienone is 1. The molecule has 0 bridgehead atoms. The summed E-state index contributed by atoms with van der Waals surface area (Å²) < 4.78 is 1.20. The second-order valence-corrected chi connectivity index (χ2v) is 4.02. The van der Waals surface area contributed by atoms with Crippen LogP contribution in [0.4, 0.5) is 0 Å². The lowest BCUT2D eigenvalue weighted by Crippen LogP contribution is -1.83. The summed E-state index contributed by atoms with van der Waals surface area (Å²) in [6.45, 7) is 0. The van der Waals surface area contributed by atoms with E-state index in [1.165, 1.54) is 10.0 Å². The lowest BCUT2D eigenvalue weighted by atomic mass is 10.1. The number of aryl methyl sites for hydroxylation is 1. The minimum atomic E-state index is 1.05. The summed E-state index contributed by atoms with van der Waals surface area (Å²) in [5, 5.41) is 0. The van der Waals surface area contributed by atoms with Gasteiger partial charge in [0.25, 0.3) is 0 Å². The van der Waals surface area contributed by atoms with E-state index in [1.54, 1.807) is 0 Å². The van der Waals surface area contributed by atoms with Crippen molar-refractivity contribution in [3.63, 3.8) is 0 Å². The minimum absolute atomic E-state index is 1.05. The Morgan fingerprint density at radius 3 is 2.50 bits per heavy atom. The summed E-state index contributed by atoms with van der Waals surface area (Å²) in [7, 11) is 0. The maximum absolute atomic E-state index is 3.45. The Balaban J connectivity index is 2.44. The van der Waals surface area contributed by atoms with E-state index in [4.69, 9.17) is 0 Å². The topological polar surface area (TPSA) is 0 Å². The molecule has 0 unspecified atom stereocenters. The van der Waals surface area contributed by atoms with E-state index in [1.807, 2.05) is 11.1 Å². The third-order valence-electron chi connectivity index (χ3n) is 1.61. The summed E-state index contributed by atoms with van der Waals surface area (Å²) in [5.74, 6) is 0. The second kappa shape index (κ2) is 5.55. The van der Waals surface area contributed by atoms with Gasteiger partial charge in [0.1, 0.15) is 0 Å². The summed E-state index contributed by atoms with van der Waals surface area (Å²) in [5.41, 5.74) is 1.38. The van der Waals surface area contributed by atoms with Gasteiger partial charge in [-0.05, 0) is 23.4 Å². The molecule has 0 aliphatic heterocycles. The van der Waals surface area contributed by atoms with Crippen LogP contribution in [0.1, 0.15) is 12.0 Å². The monoisotopic (exact) mass is 288 g/mol. The smallest absolute Gasteiger partial charge is 0.00230 e. The third-order valence-corrected chi connectivity index (χ3v) is 3.41. The Hall–Kier alpha value is -0.0800. The highest BCUT2D eigenvalue weighted by Crippen LogP contribution is 2.15. The highest BCUT2D eigenvalue weighted by atomic mass is 79.9. The first kappa shape index (κ1) is 10.0. The molecule has 0 aliphatic carbocycles. The first-order valence-electron chi connectivity index (χ1n) is 3.81. The van der Waals surface area contributed by atoms with Crippen LogP contribution in [0.25, 0.3) is 0 Å². The zero-order valence-electron chi connectivity index (χ0n) is 6.63. The van der Waals surface area contributed by atoms with E-state index >= 15 is 0 Å². The van der Waals surface area contributed by atoms with Gasteiger partial charge in [-0.15, -0.1) is 0 Å². The van der Waals surface area contributed by atoms with Gasteiger partial charge < -0.3 is 0 Å². The van der Waals surface area contributed by atoms with Gasteiger partial charge in [0.05, 0.1) is 0 Å². The molecule has 0 spiro atoms. The van der Waals surface area contributed by atoms with Gasteiger partial charge in [0.15, 0.2) is 0 Å². The second-order valence-electron chi connectivity index (χ2n) is 2.54. The molecule has 0 amide bonds. The summed E-state index contributed by atoms with van der Waals surface area (Å²) in [4.78, 5) is 1.91. The number of hydrogen-bond acceptors (Lipinski definition) is 0. The number of hydrogen-bond donors (Lipinski definition) is 0. The molecule has 0 aromatic heterocycles. The van der Waals surface area contributed by atoms with Gasteiger partial charge in [0, 0.05) is 4.48 Å². The van der Waals surface area contributed by atoms with Gasteiger partial charge in [-0.3, -0.25) is 0 Å². The van der Waals surface area contributed by atoms with Crippen LogP contribution in [0, 0.1) is 0 Å². The molecule has 0 nitrogen and oxygen atoms in total. The molecule has 1 aromatic carbocycles. The number of rotatable bonds is 3. The Kier molecular flexibility index (Phi) is 4.62. The van der Waals surface area contributed by atoms with Crippen LogP contribution in [0.15, 0.2) is 39.8 Å². The number of benzene rings is 1. The molecular formula is C10H10Br2. The SMILES string of the molecule is Br/C=C(/Br)CCc1ccccc1. The average molecular weight is 290 g/mol. The van der Waals surface area contributed by atoms with Crippen molar-refractivity contribution in [2.45, 2.75) is 12.8 Å². The highest BCUT2D eigenvalue weighted by molar-refractivity contribution is 9.14. The van der Waals surface area contributed by atoms with Crippen molar-refractivity contribution in [3.8, 4) is 0 Å². The van der Waals surface area contributed by atoms with Crippen LogP contribution >= 0.6 is 31.9 Å². The van der Waals surface area contributed by atoms with Crippen molar-refractivity contribution >= 4 is 31.9 Å². The van der Waals surface area contributed by atoms with Crippen LogP contribution in [0.3, 0.4) is 0 Å². The Bertz CT molecular complexity index is 252. The van der Waals surface area contributed by atoms with Crippen LogP contribution in [-0.4, -0.2) is 0 Å². The fourth-order valence-electron chi connectivity index (χ4n) is 0.963. The van der Waals surface area contributed by atoms with Crippen molar-refractivity contribution in [2.75, 3.05) is 0 Å². The van der Waals surface area contributed by atoms with Gasteiger partial charge >= 0.3 is 0 Å². The Morgan fingerprint density at radius 2 is 1.92 bits per heavy atom. The standard InChI is InChI=1S/C10H10Br2/c11-8-10(12)7-6-9-4-2-1-3-5-9/h1-5,8H,6-7H2/b10-8+. The van der Waals surface area contributed by atoms with E-state index in [0.29, 0.717) is 0 Å². The summed E-state index contributed by atoms with van der Waals surface area (Å²) in [6.07, 6.45) is 2.14. The predicted octanol–water partition coefficient (Wildman–Crippen LogP) is 4.25. The fourth-order valence-corrected chi connectivity index (χ4v) is 1.39. The van der Waals surface area contributed by atoms with E-state index in [0.717, 1.165) is 12.8 Å². The van der Waals surface area contributed by atoms with E-state index in [-0.39, 0.29) is 0 Å². The molecule has 1 aromatic rings. The summed E-state index contributed by atoms with van der Waals surface area (Å²) in [6, 6.07) is 10.5. The zero-order chi connectivity index (χ0) is 8.81. The first-order chi connectivity index (χ1) is 5.83. The summed E-state index contributed by atoms with van der Waals surface area (Å²) >= 11 is 6.73. The molecule has 1 rings (SSSR count).